The fourth-order valence-corrected chi connectivity index (χ4v) is 1.65. The summed E-state index contributed by atoms with van der Waals surface area (Å²) < 4.78 is 1.10. The van der Waals surface area contributed by atoms with E-state index in [9.17, 15) is 0 Å². The van der Waals surface area contributed by atoms with Crippen LogP contribution in [-0.2, 0) is 0 Å². The van der Waals surface area contributed by atoms with E-state index in [2.05, 4.69) is 41.1 Å². The van der Waals surface area contributed by atoms with Gasteiger partial charge in [0, 0.05) is 10.5 Å². The van der Waals surface area contributed by atoms with Crippen molar-refractivity contribution in [2.45, 2.75) is 19.9 Å². The zero-order chi connectivity index (χ0) is 8.43. The fraction of sp³-hybridized carbons (Fsp3) is 0.333. The summed E-state index contributed by atoms with van der Waals surface area (Å²) in [5.74, 6) is 0. The second-order valence-electron chi connectivity index (χ2n) is 2.85. The van der Waals surface area contributed by atoms with Crippen molar-refractivity contribution in [2.75, 3.05) is 0 Å². The second-order valence-corrected chi connectivity index (χ2v) is 3.77. The van der Waals surface area contributed by atoms with Gasteiger partial charge in [-0.25, -0.2) is 0 Å². The van der Waals surface area contributed by atoms with Crippen molar-refractivity contribution in [1.29, 1.82) is 0 Å². The molecule has 0 saturated heterocycles. The molecule has 1 rings (SSSR count). The van der Waals surface area contributed by atoms with Gasteiger partial charge in [-0.1, -0.05) is 22.0 Å². The molecular weight excluding hydrogens is 237 g/mol. The Morgan fingerprint density at radius 3 is 2.33 bits per heavy atom. The Bertz CT molecular complexity index is 240. The number of aryl methyl sites for hydroxylation is 1. The first-order valence-corrected chi connectivity index (χ1v) is 4.41. The highest BCUT2D eigenvalue weighted by Crippen LogP contribution is 2.18. The molecule has 0 heterocycles. The zero-order valence-electron chi connectivity index (χ0n) is 7.17. The van der Waals surface area contributed by atoms with Gasteiger partial charge in [-0.3, -0.25) is 0 Å². The van der Waals surface area contributed by atoms with Crippen molar-refractivity contribution in [2.24, 2.45) is 5.73 Å². The quantitative estimate of drug-likeness (QED) is 0.814. The van der Waals surface area contributed by atoms with Gasteiger partial charge in [-0.15, -0.1) is 12.4 Å². The molecule has 0 radical (unpaired) electrons. The molecule has 0 aliphatic rings. The molecule has 0 fully saturated rings. The predicted octanol–water partition coefficient (Wildman–Crippen LogP) is 3.20. The van der Waals surface area contributed by atoms with Crippen LogP contribution in [0.15, 0.2) is 22.7 Å². The van der Waals surface area contributed by atoms with Crippen molar-refractivity contribution in [1.82, 2.24) is 0 Å². The van der Waals surface area contributed by atoms with E-state index in [-0.39, 0.29) is 18.4 Å². The van der Waals surface area contributed by atoms with E-state index in [0.29, 0.717) is 0 Å². The van der Waals surface area contributed by atoms with E-state index >= 15 is 0 Å². The number of rotatable bonds is 1. The summed E-state index contributed by atoms with van der Waals surface area (Å²) in [6.45, 7) is 4.05. The molecule has 0 aromatic heterocycles. The fourth-order valence-electron chi connectivity index (χ4n) is 1.03. The normalized spacial score (nSPS) is 12.0. The predicted molar refractivity (Wildman–Crippen MR) is 58.7 cm³/mol. The monoisotopic (exact) mass is 249 g/mol. The Balaban J connectivity index is 0.00000121. The van der Waals surface area contributed by atoms with Crippen LogP contribution in [0.1, 0.15) is 24.1 Å². The van der Waals surface area contributed by atoms with Crippen LogP contribution in [0.5, 0.6) is 0 Å². The van der Waals surface area contributed by atoms with E-state index < -0.39 is 0 Å². The van der Waals surface area contributed by atoms with Crippen LogP contribution in [-0.4, -0.2) is 0 Å². The van der Waals surface area contributed by atoms with Gasteiger partial charge in [0.25, 0.3) is 0 Å². The van der Waals surface area contributed by atoms with E-state index in [1.807, 2.05) is 6.92 Å². The lowest BCUT2D eigenvalue weighted by molar-refractivity contribution is 0.816. The Morgan fingerprint density at radius 2 is 1.92 bits per heavy atom. The maximum absolute atomic E-state index is 5.73. The molecule has 0 bridgehead atoms. The number of hydrogen-bond donors (Lipinski definition) is 1. The molecule has 68 valence electrons. The van der Waals surface area contributed by atoms with Crippen LogP contribution in [0.3, 0.4) is 0 Å². The first-order valence-electron chi connectivity index (χ1n) is 3.62. The Labute approximate surface area is 87.9 Å². The van der Waals surface area contributed by atoms with Crippen molar-refractivity contribution in [3.8, 4) is 0 Å². The average molecular weight is 251 g/mol. The topological polar surface area (TPSA) is 26.0 Å². The molecule has 12 heavy (non-hydrogen) atoms. The highest BCUT2D eigenvalue weighted by Gasteiger charge is 2.00. The molecular formula is C9H13BrClN. The smallest absolute Gasteiger partial charge is 0.0266 e. The van der Waals surface area contributed by atoms with Gasteiger partial charge in [-0.05, 0) is 37.1 Å². The Hall–Kier alpha value is -0.0500. The molecule has 0 aliphatic carbocycles. The molecule has 3 heteroatoms. The lowest BCUT2D eigenvalue weighted by Gasteiger charge is -2.06. The molecule has 0 spiro atoms. The van der Waals surface area contributed by atoms with Crippen LogP contribution in [0.25, 0.3) is 0 Å². The Kier molecular flexibility index (Phi) is 4.83. The molecule has 1 nitrogen and oxygen atoms in total. The lowest BCUT2D eigenvalue weighted by atomic mass is 10.1. The van der Waals surface area contributed by atoms with Crippen LogP contribution < -0.4 is 5.73 Å². The van der Waals surface area contributed by atoms with Gasteiger partial charge in [0.1, 0.15) is 0 Å². The highest BCUT2D eigenvalue weighted by atomic mass is 79.9. The summed E-state index contributed by atoms with van der Waals surface area (Å²) in [5.41, 5.74) is 8.15. The summed E-state index contributed by atoms with van der Waals surface area (Å²) in [5, 5.41) is 0. The van der Waals surface area contributed by atoms with Crippen LogP contribution >= 0.6 is 28.3 Å². The van der Waals surface area contributed by atoms with Gasteiger partial charge in [-0.2, -0.15) is 0 Å². The minimum absolute atomic E-state index is 0. The number of halogens is 2. The average Bonchev–Trinajstić information content (AvgIpc) is 1.85. The number of nitrogens with two attached hydrogens (primary N) is 1. The molecule has 0 unspecified atom stereocenters. The molecule has 0 saturated carbocycles. The van der Waals surface area contributed by atoms with Gasteiger partial charge in [0.05, 0.1) is 0 Å². The standard InChI is InChI=1S/C9H12BrN.ClH/c1-6-3-8(7(2)11)5-9(10)4-6;/h3-5,7H,11H2,1-2H3;1H/t7-;/m1./s1. The van der Waals surface area contributed by atoms with Crippen LogP contribution in [0.2, 0.25) is 0 Å². The summed E-state index contributed by atoms with van der Waals surface area (Å²) >= 11 is 3.43. The molecule has 1 aromatic rings. The maximum atomic E-state index is 5.73. The van der Waals surface area contributed by atoms with Crippen LogP contribution in [0.4, 0.5) is 0 Å². The van der Waals surface area contributed by atoms with Gasteiger partial charge < -0.3 is 5.73 Å². The third-order valence-electron chi connectivity index (χ3n) is 1.59. The lowest BCUT2D eigenvalue weighted by Crippen LogP contribution is -2.04. The second kappa shape index (κ2) is 4.85. The number of benzene rings is 1. The van der Waals surface area contributed by atoms with Crippen molar-refractivity contribution in [3.05, 3.63) is 33.8 Å². The van der Waals surface area contributed by atoms with E-state index in [1.54, 1.807) is 0 Å². The maximum Gasteiger partial charge on any atom is 0.0266 e. The first-order chi connectivity index (χ1) is 5.09. The van der Waals surface area contributed by atoms with Gasteiger partial charge in [0.2, 0.25) is 0 Å². The van der Waals surface area contributed by atoms with Crippen molar-refractivity contribution in [3.63, 3.8) is 0 Å². The largest absolute Gasteiger partial charge is 0.324 e. The summed E-state index contributed by atoms with van der Waals surface area (Å²) in [6.07, 6.45) is 0. The summed E-state index contributed by atoms with van der Waals surface area (Å²) in [6, 6.07) is 6.35. The van der Waals surface area contributed by atoms with Gasteiger partial charge >= 0.3 is 0 Å². The van der Waals surface area contributed by atoms with Gasteiger partial charge in [0.15, 0.2) is 0 Å². The van der Waals surface area contributed by atoms with E-state index in [0.717, 1.165) is 4.47 Å². The molecule has 1 aromatic carbocycles. The Morgan fingerprint density at radius 1 is 1.33 bits per heavy atom. The molecule has 0 amide bonds. The zero-order valence-corrected chi connectivity index (χ0v) is 9.58. The molecule has 0 aliphatic heterocycles. The minimum Gasteiger partial charge on any atom is -0.324 e. The summed E-state index contributed by atoms with van der Waals surface area (Å²) in [4.78, 5) is 0. The molecule has 1 atom stereocenters. The minimum atomic E-state index is 0. The third-order valence-corrected chi connectivity index (χ3v) is 2.05. The molecule has 2 N–H and O–H groups in total. The summed E-state index contributed by atoms with van der Waals surface area (Å²) in [7, 11) is 0. The first kappa shape index (κ1) is 11.9. The van der Waals surface area contributed by atoms with Crippen LogP contribution in [0, 0.1) is 6.92 Å². The number of hydrogen-bond acceptors (Lipinski definition) is 1. The van der Waals surface area contributed by atoms with Crippen molar-refractivity contribution < 1.29 is 0 Å². The third kappa shape index (κ3) is 3.13. The van der Waals surface area contributed by atoms with Crippen molar-refractivity contribution >= 4 is 28.3 Å². The highest BCUT2D eigenvalue weighted by molar-refractivity contribution is 9.10. The van der Waals surface area contributed by atoms with E-state index in [4.69, 9.17) is 5.73 Å². The van der Waals surface area contributed by atoms with E-state index in [1.165, 1.54) is 11.1 Å². The SMILES string of the molecule is Cc1cc(Br)cc([C@@H](C)N)c1.Cl.